The average Bonchev–Trinajstić information content (AvgIpc) is 2.46. The average molecular weight is 286 g/mol. The van der Waals surface area contributed by atoms with Crippen molar-refractivity contribution in [3.8, 4) is 5.75 Å². The summed E-state index contributed by atoms with van der Waals surface area (Å²) in [6.45, 7) is 10.7. The van der Waals surface area contributed by atoms with Gasteiger partial charge in [0.1, 0.15) is 11.9 Å². The van der Waals surface area contributed by atoms with Crippen molar-refractivity contribution in [2.45, 2.75) is 33.8 Å². The maximum Gasteiger partial charge on any atom is 0.129 e. The van der Waals surface area contributed by atoms with Crippen LogP contribution in [0.5, 0.6) is 5.75 Å². The topological polar surface area (TPSA) is 34.1 Å². The number of benzene rings is 1. The third-order valence-corrected chi connectivity index (χ3v) is 3.53. The van der Waals surface area contributed by atoms with Crippen molar-refractivity contribution in [1.29, 1.82) is 0 Å². The fraction of sp³-hybridized carbons (Fsp3) is 0.500. The minimum atomic E-state index is 0.162. The molecule has 1 heterocycles. The van der Waals surface area contributed by atoms with Crippen LogP contribution in [-0.4, -0.2) is 24.2 Å². The normalized spacial score (nSPS) is 13.0. The molecule has 0 radical (unpaired) electrons. The summed E-state index contributed by atoms with van der Waals surface area (Å²) >= 11 is 0. The van der Waals surface area contributed by atoms with Crippen LogP contribution in [-0.2, 0) is 0 Å². The fourth-order valence-corrected chi connectivity index (χ4v) is 2.27. The predicted octanol–water partition coefficient (Wildman–Crippen LogP) is 3.88. The van der Waals surface area contributed by atoms with E-state index in [2.05, 4.69) is 44.1 Å². The molecule has 114 valence electrons. The number of hydrogen-bond donors (Lipinski definition) is 1. The van der Waals surface area contributed by atoms with Crippen molar-refractivity contribution in [3.63, 3.8) is 0 Å². The number of nitrogens with zero attached hydrogens (tertiary/aromatic N) is 1. The minimum absolute atomic E-state index is 0.162. The van der Waals surface area contributed by atoms with Gasteiger partial charge in [-0.1, -0.05) is 33.8 Å². The Morgan fingerprint density at radius 1 is 1.05 bits per heavy atom. The predicted molar refractivity (Wildman–Crippen MR) is 88.7 cm³/mol. The summed E-state index contributed by atoms with van der Waals surface area (Å²) < 4.78 is 6.27. The summed E-state index contributed by atoms with van der Waals surface area (Å²) in [5.74, 6) is 2.03. The van der Waals surface area contributed by atoms with Gasteiger partial charge in [-0.05, 0) is 42.6 Å². The Labute approximate surface area is 127 Å². The Morgan fingerprint density at radius 3 is 2.57 bits per heavy atom. The van der Waals surface area contributed by atoms with E-state index < -0.39 is 0 Å². The van der Waals surface area contributed by atoms with Gasteiger partial charge in [0, 0.05) is 18.1 Å². The first kappa shape index (κ1) is 15.8. The van der Waals surface area contributed by atoms with E-state index in [-0.39, 0.29) is 6.10 Å². The number of rotatable bonds is 7. The minimum Gasteiger partial charge on any atom is -0.488 e. The number of aromatic nitrogens is 1. The molecule has 1 N–H and O–H groups in total. The molecule has 0 fully saturated rings. The van der Waals surface area contributed by atoms with Gasteiger partial charge in [-0.25, -0.2) is 0 Å². The third kappa shape index (κ3) is 4.43. The van der Waals surface area contributed by atoms with Crippen LogP contribution in [0.1, 0.15) is 27.7 Å². The number of hydrogen-bond acceptors (Lipinski definition) is 3. The van der Waals surface area contributed by atoms with E-state index in [1.54, 1.807) is 0 Å². The SMILES string of the molecule is CC(C)CNCC(Oc1cccc2ncccc12)C(C)C. The first-order chi connectivity index (χ1) is 10.1. The second kappa shape index (κ2) is 7.41. The molecule has 0 aliphatic carbocycles. The van der Waals surface area contributed by atoms with E-state index in [0.29, 0.717) is 11.8 Å². The molecule has 1 aromatic carbocycles. The first-order valence-electron chi connectivity index (χ1n) is 7.79. The highest BCUT2D eigenvalue weighted by atomic mass is 16.5. The van der Waals surface area contributed by atoms with Gasteiger partial charge in [0.25, 0.3) is 0 Å². The zero-order valence-electron chi connectivity index (χ0n) is 13.5. The number of nitrogens with one attached hydrogen (secondary N) is 1. The van der Waals surface area contributed by atoms with Gasteiger partial charge >= 0.3 is 0 Å². The summed E-state index contributed by atoms with van der Waals surface area (Å²) in [5.41, 5.74) is 0.979. The molecule has 0 aliphatic rings. The van der Waals surface area contributed by atoms with Crippen molar-refractivity contribution in [1.82, 2.24) is 10.3 Å². The van der Waals surface area contributed by atoms with Crippen LogP contribution in [0.4, 0.5) is 0 Å². The molecule has 3 nitrogen and oxygen atoms in total. The lowest BCUT2D eigenvalue weighted by molar-refractivity contribution is 0.150. The monoisotopic (exact) mass is 286 g/mol. The Balaban J connectivity index is 2.11. The van der Waals surface area contributed by atoms with Gasteiger partial charge < -0.3 is 10.1 Å². The number of pyridine rings is 1. The van der Waals surface area contributed by atoms with Crippen LogP contribution in [0, 0.1) is 11.8 Å². The van der Waals surface area contributed by atoms with E-state index in [4.69, 9.17) is 4.74 Å². The van der Waals surface area contributed by atoms with E-state index in [0.717, 1.165) is 29.7 Å². The fourth-order valence-electron chi connectivity index (χ4n) is 2.27. The van der Waals surface area contributed by atoms with Crippen molar-refractivity contribution in [2.75, 3.05) is 13.1 Å². The summed E-state index contributed by atoms with van der Waals surface area (Å²) in [7, 11) is 0. The van der Waals surface area contributed by atoms with Crippen molar-refractivity contribution in [3.05, 3.63) is 36.5 Å². The van der Waals surface area contributed by atoms with Crippen LogP contribution >= 0.6 is 0 Å². The molecule has 0 bridgehead atoms. The highest BCUT2D eigenvalue weighted by Crippen LogP contribution is 2.25. The Bertz CT molecular complexity index is 561. The quantitative estimate of drug-likeness (QED) is 0.838. The zero-order chi connectivity index (χ0) is 15.2. The molecule has 0 aliphatic heterocycles. The van der Waals surface area contributed by atoms with Gasteiger partial charge in [0.15, 0.2) is 0 Å². The highest BCUT2D eigenvalue weighted by Gasteiger charge is 2.16. The van der Waals surface area contributed by atoms with Crippen LogP contribution in [0.25, 0.3) is 10.9 Å². The van der Waals surface area contributed by atoms with E-state index in [1.807, 2.05) is 30.5 Å². The number of fused-ring (bicyclic) bond motifs is 1. The summed E-state index contributed by atoms with van der Waals surface area (Å²) in [5, 5.41) is 4.57. The first-order valence-corrected chi connectivity index (χ1v) is 7.79. The molecule has 1 aromatic heterocycles. The van der Waals surface area contributed by atoms with E-state index in [9.17, 15) is 0 Å². The Kier molecular flexibility index (Phi) is 5.57. The smallest absolute Gasteiger partial charge is 0.129 e. The largest absolute Gasteiger partial charge is 0.488 e. The molecular weight excluding hydrogens is 260 g/mol. The van der Waals surface area contributed by atoms with Gasteiger partial charge in [-0.3, -0.25) is 4.98 Å². The summed E-state index contributed by atoms with van der Waals surface area (Å²) in [6, 6.07) is 10.1. The van der Waals surface area contributed by atoms with Crippen molar-refractivity contribution < 1.29 is 4.74 Å². The van der Waals surface area contributed by atoms with Crippen LogP contribution < -0.4 is 10.1 Å². The standard InChI is InChI=1S/C18H26N2O/c1-13(2)11-19-12-18(14(3)4)21-17-9-5-8-16-15(17)7-6-10-20-16/h5-10,13-14,18-19H,11-12H2,1-4H3. The summed E-state index contributed by atoms with van der Waals surface area (Å²) in [4.78, 5) is 4.38. The van der Waals surface area contributed by atoms with Gasteiger partial charge in [-0.2, -0.15) is 0 Å². The van der Waals surface area contributed by atoms with Crippen LogP contribution in [0.3, 0.4) is 0 Å². The lowest BCUT2D eigenvalue weighted by Crippen LogP contribution is -2.36. The maximum atomic E-state index is 6.27. The molecule has 2 rings (SSSR count). The van der Waals surface area contributed by atoms with E-state index >= 15 is 0 Å². The lowest BCUT2D eigenvalue weighted by Gasteiger charge is -2.24. The van der Waals surface area contributed by atoms with Gasteiger partial charge in [0.2, 0.25) is 0 Å². The second-order valence-electron chi connectivity index (χ2n) is 6.28. The Morgan fingerprint density at radius 2 is 1.86 bits per heavy atom. The number of ether oxygens (including phenoxy) is 1. The molecule has 0 saturated heterocycles. The molecule has 3 heteroatoms. The molecule has 1 unspecified atom stereocenters. The van der Waals surface area contributed by atoms with E-state index in [1.165, 1.54) is 0 Å². The molecule has 21 heavy (non-hydrogen) atoms. The van der Waals surface area contributed by atoms with Gasteiger partial charge in [-0.15, -0.1) is 0 Å². The molecule has 1 atom stereocenters. The second-order valence-corrected chi connectivity index (χ2v) is 6.28. The van der Waals surface area contributed by atoms with Crippen LogP contribution in [0.15, 0.2) is 36.5 Å². The lowest BCUT2D eigenvalue weighted by atomic mass is 10.1. The molecule has 0 saturated carbocycles. The zero-order valence-corrected chi connectivity index (χ0v) is 13.5. The highest BCUT2D eigenvalue weighted by molar-refractivity contribution is 5.84. The molecule has 2 aromatic rings. The molecule has 0 spiro atoms. The van der Waals surface area contributed by atoms with Crippen molar-refractivity contribution >= 4 is 10.9 Å². The van der Waals surface area contributed by atoms with Gasteiger partial charge in [0.05, 0.1) is 5.52 Å². The van der Waals surface area contributed by atoms with Crippen molar-refractivity contribution in [2.24, 2.45) is 11.8 Å². The third-order valence-electron chi connectivity index (χ3n) is 3.53. The molecule has 0 amide bonds. The summed E-state index contributed by atoms with van der Waals surface area (Å²) in [6.07, 6.45) is 1.98. The maximum absolute atomic E-state index is 6.27. The van der Waals surface area contributed by atoms with Crippen LogP contribution in [0.2, 0.25) is 0 Å². The Hall–Kier alpha value is -1.61. The molecular formula is C18H26N2O.